The van der Waals surface area contributed by atoms with Crippen molar-refractivity contribution in [2.75, 3.05) is 5.75 Å². The Bertz CT molecular complexity index is 524. The van der Waals surface area contributed by atoms with E-state index in [9.17, 15) is 4.79 Å². The van der Waals surface area contributed by atoms with Crippen molar-refractivity contribution < 1.29 is 13.9 Å². The fraction of sp³-hybridized carbons (Fsp3) is 0.455. The van der Waals surface area contributed by atoms with E-state index in [-0.39, 0.29) is 17.8 Å². The van der Waals surface area contributed by atoms with Gasteiger partial charge in [0.15, 0.2) is 0 Å². The van der Waals surface area contributed by atoms with E-state index in [1.165, 1.54) is 11.8 Å². The molecule has 0 aliphatic carbocycles. The summed E-state index contributed by atoms with van der Waals surface area (Å²) in [5.74, 6) is 0.642. The Kier molecular flexibility index (Phi) is 4.56. The minimum Gasteiger partial charge on any atom is -0.467 e. The molecule has 0 amide bonds. The molecule has 0 radical (unpaired) electrons. The summed E-state index contributed by atoms with van der Waals surface area (Å²) in [6.45, 7) is 4.05. The van der Waals surface area contributed by atoms with Gasteiger partial charge in [-0.2, -0.15) is 0 Å². The Balaban J connectivity index is 1.91. The SMILES string of the molecule is CC(C)OC(=O)CSc1nnnn1Cc1ccco1. The number of hydrogen-bond acceptors (Lipinski definition) is 7. The summed E-state index contributed by atoms with van der Waals surface area (Å²) in [5, 5.41) is 11.9. The maximum Gasteiger partial charge on any atom is 0.316 e. The number of aromatic nitrogens is 4. The van der Waals surface area contributed by atoms with Crippen LogP contribution >= 0.6 is 11.8 Å². The van der Waals surface area contributed by atoms with E-state index in [1.54, 1.807) is 17.0 Å². The average molecular weight is 282 g/mol. The Hall–Kier alpha value is -1.83. The molecule has 7 nitrogen and oxygen atoms in total. The monoisotopic (exact) mass is 282 g/mol. The first-order chi connectivity index (χ1) is 9.15. The first-order valence-electron chi connectivity index (χ1n) is 5.76. The predicted octanol–water partition coefficient (Wildman–Crippen LogP) is 1.36. The molecule has 2 aromatic heterocycles. The van der Waals surface area contributed by atoms with Gasteiger partial charge in [-0.15, -0.1) is 5.10 Å². The smallest absolute Gasteiger partial charge is 0.316 e. The fourth-order valence-electron chi connectivity index (χ4n) is 1.37. The lowest BCUT2D eigenvalue weighted by molar-refractivity contribution is -0.144. The van der Waals surface area contributed by atoms with Crippen molar-refractivity contribution in [3.05, 3.63) is 24.2 Å². The van der Waals surface area contributed by atoms with Crippen LogP contribution in [0.25, 0.3) is 0 Å². The minimum atomic E-state index is -0.285. The Morgan fingerprint density at radius 3 is 3.11 bits per heavy atom. The number of tetrazole rings is 1. The van der Waals surface area contributed by atoms with Gasteiger partial charge in [0.25, 0.3) is 0 Å². The largest absolute Gasteiger partial charge is 0.467 e. The Labute approximate surface area is 114 Å². The fourth-order valence-corrected chi connectivity index (χ4v) is 2.03. The molecule has 2 rings (SSSR count). The summed E-state index contributed by atoms with van der Waals surface area (Å²) < 4.78 is 11.8. The van der Waals surface area contributed by atoms with E-state index in [2.05, 4.69) is 15.5 Å². The molecule has 0 aromatic carbocycles. The van der Waals surface area contributed by atoms with E-state index in [0.717, 1.165) is 5.76 Å². The third kappa shape index (κ3) is 4.09. The van der Waals surface area contributed by atoms with Gasteiger partial charge in [-0.1, -0.05) is 11.8 Å². The van der Waals surface area contributed by atoms with Crippen molar-refractivity contribution in [3.63, 3.8) is 0 Å². The summed E-state index contributed by atoms with van der Waals surface area (Å²) >= 11 is 1.24. The predicted molar refractivity (Wildman–Crippen MR) is 67.6 cm³/mol. The maximum atomic E-state index is 11.4. The number of thioether (sulfide) groups is 1. The first kappa shape index (κ1) is 13.6. The second-order valence-corrected chi connectivity index (χ2v) is 4.97. The van der Waals surface area contributed by atoms with Gasteiger partial charge in [0.2, 0.25) is 5.16 Å². The molecule has 0 spiro atoms. The number of nitrogens with zero attached hydrogens (tertiary/aromatic N) is 4. The summed E-state index contributed by atoms with van der Waals surface area (Å²) in [6, 6.07) is 3.63. The van der Waals surface area contributed by atoms with Crippen LogP contribution in [0.4, 0.5) is 0 Å². The van der Waals surface area contributed by atoms with Crippen LogP contribution in [0.5, 0.6) is 0 Å². The maximum absolute atomic E-state index is 11.4. The van der Waals surface area contributed by atoms with Crippen LogP contribution in [-0.4, -0.2) is 38.0 Å². The standard InChI is InChI=1S/C11H14N4O3S/c1-8(2)18-10(16)7-19-11-12-13-14-15(11)6-9-4-3-5-17-9/h3-5,8H,6-7H2,1-2H3. The Morgan fingerprint density at radius 2 is 2.42 bits per heavy atom. The van der Waals surface area contributed by atoms with E-state index >= 15 is 0 Å². The topological polar surface area (TPSA) is 83.0 Å². The van der Waals surface area contributed by atoms with Crippen LogP contribution in [0.3, 0.4) is 0 Å². The zero-order chi connectivity index (χ0) is 13.7. The van der Waals surface area contributed by atoms with E-state index < -0.39 is 0 Å². The van der Waals surface area contributed by atoms with Crippen LogP contribution < -0.4 is 0 Å². The Morgan fingerprint density at radius 1 is 1.58 bits per heavy atom. The first-order valence-corrected chi connectivity index (χ1v) is 6.74. The lowest BCUT2D eigenvalue weighted by atomic mass is 10.4. The van der Waals surface area contributed by atoms with Gasteiger partial charge in [-0.05, 0) is 36.4 Å². The van der Waals surface area contributed by atoms with Gasteiger partial charge in [0.1, 0.15) is 12.3 Å². The van der Waals surface area contributed by atoms with Gasteiger partial charge in [-0.25, -0.2) is 4.68 Å². The number of esters is 1. The highest BCUT2D eigenvalue weighted by Crippen LogP contribution is 2.15. The van der Waals surface area contributed by atoms with Gasteiger partial charge >= 0.3 is 5.97 Å². The van der Waals surface area contributed by atoms with E-state index in [4.69, 9.17) is 9.15 Å². The zero-order valence-corrected chi connectivity index (χ0v) is 11.5. The highest BCUT2D eigenvalue weighted by molar-refractivity contribution is 7.99. The number of carbonyl (C=O) groups excluding carboxylic acids is 1. The molecule has 0 fully saturated rings. The normalized spacial score (nSPS) is 10.9. The molecule has 2 heterocycles. The average Bonchev–Trinajstić information content (AvgIpc) is 2.98. The molecule has 0 unspecified atom stereocenters. The lowest BCUT2D eigenvalue weighted by Gasteiger charge is -2.07. The molecular formula is C11H14N4O3S. The molecule has 102 valence electrons. The van der Waals surface area contributed by atoms with Crippen molar-refractivity contribution >= 4 is 17.7 Å². The van der Waals surface area contributed by atoms with Gasteiger partial charge in [0, 0.05) is 0 Å². The van der Waals surface area contributed by atoms with Gasteiger partial charge in [0.05, 0.1) is 18.1 Å². The van der Waals surface area contributed by atoms with Crippen molar-refractivity contribution in [1.29, 1.82) is 0 Å². The number of furan rings is 1. The number of rotatable bonds is 6. The molecule has 0 aliphatic rings. The van der Waals surface area contributed by atoms with Crippen LogP contribution in [0, 0.1) is 0 Å². The molecular weight excluding hydrogens is 268 g/mol. The minimum absolute atomic E-state index is 0.118. The van der Waals surface area contributed by atoms with Crippen molar-refractivity contribution in [3.8, 4) is 0 Å². The second-order valence-electron chi connectivity index (χ2n) is 4.03. The molecule has 0 saturated carbocycles. The van der Waals surface area contributed by atoms with E-state index in [1.807, 2.05) is 19.9 Å². The summed E-state index contributed by atoms with van der Waals surface area (Å²) in [7, 11) is 0. The van der Waals surface area contributed by atoms with Crippen LogP contribution in [0.15, 0.2) is 28.0 Å². The van der Waals surface area contributed by atoms with Gasteiger partial charge < -0.3 is 9.15 Å². The quantitative estimate of drug-likeness (QED) is 0.584. The highest BCUT2D eigenvalue weighted by Gasteiger charge is 2.12. The number of hydrogen-bond donors (Lipinski definition) is 0. The summed E-state index contributed by atoms with van der Waals surface area (Å²) in [4.78, 5) is 11.4. The molecule has 0 bridgehead atoms. The molecule has 0 saturated heterocycles. The number of ether oxygens (including phenoxy) is 1. The molecule has 0 aliphatic heterocycles. The molecule has 0 N–H and O–H groups in total. The molecule has 0 atom stereocenters. The second kappa shape index (κ2) is 6.37. The highest BCUT2D eigenvalue weighted by atomic mass is 32.2. The van der Waals surface area contributed by atoms with Crippen molar-refractivity contribution in [1.82, 2.24) is 20.2 Å². The molecule has 19 heavy (non-hydrogen) atoms. The van der Waals surface area contributed by atoms with Crippen molar-refractivity contribution in [2.24, 2.45) is 0 Å². The lowest BCUT2D eigenvalue weighted by Crippen LogP contribution is -2.14. The molecule has 8 heteroatoms. The van der Waals surface area contributed by atoms with Crippen LogP contribution in [0.1, 0.15) is 19.6 Å². The summed E-state index contributed by atoms with van der Waals surface area (Å²) in [5.41, 5.74) is 0. The zero-order valence-electron chi connectivity index (χ0n) is 10.6. The summed E-state index contributed by atoms with van der Waals surface area (Å²) in [6.07, 6.45) is 1.47. The van der Waals surface area contributed by atoms with E-state index in [0.29, 0.717) is 11.7 Å². The van der Waals surface area contributed by atoms with Gasteiger partial charge in [-0.3, -0.25) is 4.79 Å². The van der Waals surface area contributed by atoms with Crippen LogP contribution in [0.2, 0.25) is 0 Å². The third-order valence-corrected chi connectivity index (χ3v) is 3.00. The molecule has 2 aromatic rings. The van der Waals surface area contributed by atoms with Crippen LogP contribution in [-0.2, 0) is 16.1 Å². The third-order valence-electron chi connectivity index (χ3n) is 2.07. The number of carbonyl (C=O) groups is 1. The van der Waals surface area contributed by atoms with Crippen molar-refractivity contribution in [2.45, 2.75) is 31.7 Å².